The Hall–Kier alpha value is -2.47. The minimum absolute atomic E-state index is 0.197. The van der Waals surface area contributed by atoms with Gasteiger partial charge in [0.25, 0.3) is 0 Å². The monoisotopic (exact) mass is 570 g/mol. The predicted octanol–water partition coefficient (Wildman–Crippen LogP) is 9.23. The summed E-state index contributed by atoms with van der Waals surface area (Å²) in [5, 5.41) is 0. The molecule has 0 aliphatic heterocycles. The van der Waals surface area contributed by atoms with Crippen LogP contribution in [0.1, 0.15) is 128 Å². The molecule has 0 aromatic heterocycles. The molecule has 0 unspecified atom stereocenters. The zero-order valence-corrected chi connectivity index (χ0v) is 25.6. The summed E-state index contributed by atoms with van der Waals surface area (Å²) in [5.74, 6) is 1.50. The Bertz CT molecular complexity index is 905. The summed E-state index contributed by atoms with van der Waals surface area (Å²) in [6, 6.07) is 14.5. The number of ether oxygens (including phenoxy) is 2. The Labute approximate surface area is 244 Å². The lowest BCUT2D eigenvalue weighted by atomic mass is 10.1. The van der Waals surface area contributed by atoms with Crippen LogP contribution in [0.4, 0.5) is 0 Å². The van der Waals surface area contributed by atoms with E-state index in [-0.39, 0.29) is 11.9 Å². The highest BCUT2D eigenvalue weighted by Crippen LogP contribution is 2.19. The van der Waals surface area contributed by atoms with E-state index in [1.54, 1.807) is 24.3 Å². The standard InChI is InChI=1S/C34H50O5S/c1-3-5-7-9-11-13-15-17-33(35)38-31-23-19-29(20-24-31)27-40(37)28-30-21-25-32(26-22-30)39-34(36)18-16-14-12-10-8-6-4-2/h19-26H,3-18,27-28H2,1-2H3. The van der Waals surface area contributed by atoms with E-state index in [1.807, 2.05) is 24.3 Å². The van der Waals surface area contributed by atoms with Crippen LogP contribution < -0.4 is 9.47 Å². The topological polar surface area (TPSA) is 69.7 Å². The summed E-state index contributed by atoms with van der Waals surface area (Å²) < 4.78 is 23.6. The van der Waals surface area contributed by atoms with Crippen LogP contribution in [0, 0.1) is 0 Å². The van der Waals surface area contributed by atoms with Gasteiger partial charge in [0, 0.05) is 35.1 Å². The Morgan fingerprint density at radius 3 is 1.20 bits per heavy atom. The Balaban J connectivity index is 1.63. The fourth-order valence-electron chi connectivity index (χ4n) is 4.55. The molecule has 0 N–H and O–H groups in total. The number of carbonyl (C=O) groups is 2. The minimum Gasteiger partial charge on any atom is -0.427 e. The predicted molar refractivity (Wildman–Crippen MR) is 165 cm³/mol. The number of carbonyl (C=O) groups excluding carboxylic acids is 2. The fraction of sp³-hybridized carbons (Fsp3) is 0.588. The average molecular weight is 571 g/mol. The van der Waals surface area contributed by atoms with Gasteiger partial charge in [-0.15, -0.1) is 0 Å². The molecule has 0 amide bonds. The second kappa shape index (κ2) is 21.3. The molecule has 0 spiro atoms. The number of esters is 2. The number of unbranched alkanes of at least 4 members (excludes halogenated alkanes) is 12. The van der Waals surface area contributed by atoms with Gasteiger partial charge in [-0.25, -0.2) is 0 Å². The van der Waals surface area contributed by atoms with Crippen molar-refractivity contribution in [2.45, 2.75) is 128 Å². The first-order chi connectivity index (χ1) is 19.5. The van der Waals surface area contributed by atoms with Crippen LogP contribution in [0.3, 0.4) is 0 Å². The molecule has 0 fully saturated rings. The molecule has 2 aromatic carbocycles. The van der Waals surface area contributed by atoms with Crippen LogP contribution >= 0.6 is 0 Å². The molecule has 2 rings (SSSR count). The van der Waals surface area contributed by atoms with Crippen LogP contribution in [0.5, 0.6) is 11.5 Å². The van der Waals surface area contributed by atoms with Crippen molar-refractivity contribution in [2.75, 3.05) is 0 Å². The molecule has 6 heteroatoms. The molecule has 2 aromatic rings. The highest BCUT2D eigenvalue weighted by atomic mass is 32.2. The number of hydrogen-bond donors (Lipinski definition) is 0. The summed E-state index contributed by atoms with van der Waals surface area (Å²) in [4.78, 5) is 24.2. The summed E-state index contributed by atoms with van der Waals surface area (Å²) in [6.45, 7) is 4.42. The van der Waals surface area contributed by atoms with Crippen molar-refractivity contribution in [3.05, 3.63) is 59.7 Å². The van der Waals surface area contributed by atoms with Crippen molar-refractivity contribution in [1.29, 1.82) is 0 Å². The van der Waals surface area contributed by atoms with Crippen molar-refractivity contribution < 1.29 is 23.3 Å². The smallest absolute Gasteiger partial charge is 0.311 e. The molecule has 40 heavy (non-hydrogen) atoms. The van der Waals surface area contributed by atoms with E-state index in [0.29, 0.717) is 35.8 Å². The second-order valence-corrected chi connectivity index (χ2v) is 12.2. The molecule has 0 bridgehead atoms. The van der Waals surface area contributed by atoms with Crippen LogP contribution in [0.2, 0.25) is 0 Å². The Morgan fingerprint density at radius 2 is 0.850 bits per heavy atom. The third kappa shape index (κ3) is 16.0. The largest absolute Gasteiger partial charge is 0.427 e. The lowest BCUT2D eigenvalue weighted by molar-refractivity contribution is -0.135. The zero-order chi connectivity index (χ0) is 28.8. The van der Waals surface area contributed by atoms with Gasteiger partial charge < -0.3 is 9.47 Å². The lowest BCUT2D eigenvalue weighted by Gasteiger charge is -2.08. The number of rotatable bonds is 22. The molecular weight excluding hydrogens is 520 g/mol. The molecule has 0 radical (unpaired) electrons. The molecule has 0 aliphatic rings. The first-order valence-electron chi connectivity index (χ1n) is 15.4. The van der Waals surface area contributed by atoms with Gasteiger partial charge in [0.2, 0.25) is 0 Å². The van der Waals surface area contributed by atoms with E-state index < -0.39 is 10.8 Å². The van der Waals surface area contributed by atoms with Gasteiger partial charge in [0.1, 0.15) is 11.5 Å². The Morgan fingerprint density at radius 1 is 0.525 bits per heavy atom. The second-order valence-electron chi connectivity index (χ2n) is 10.7. The maximum Gasteiger partial charge on any atom is 0.311 e. The molecule has 0 atom stereocenters. The van der Waals surface area contributed by atoms with Crippen LogP contribution in [0.25, 0.3) is 0 Å². The first-order valence-corrected chi connectivity index (χ1v) is 16.9. The average Bonchev–Trinajstić information content (AvgIpc) is 2.94. The molecule has 0 aliphatic carbocycles. The van der Waals surface area contributed by atoms with Gasteiger partial charge in [-0.3, -0.25) is 13.8 Å². The SMILES string of the molecule is CCCCCCCCCC(=O)Oc1ccc(CS(=O)Cc2ccc(OC(=O)CCCCCCCCC)cc2)cc1. The number of benzene rings is 2. The van der Waals surface area contributed by atoms with Crippen LogP contribution in [-0.2, 0) is 31.9 Å². The minimum atomic E-state index is -1.09. The molecule has 222 valence electrons. The van der Waals surface area contributed by atoms with E-state index in [4.69, 9.17) is 9.47 Å². The van der Waals surface area contributed by atoms with Crippen molar-refractivity contribution in [1.82, 2.24) is 0 Å². The highest BCUT2D eigenvalue weighted by molar-refractivity contribution is 7.83. The van der Waals surface area contributed by atoms with E-state index in [9.17, 15) is 13.8 Å². The van der Waals surface area contributed by atoms with Gasteiger partial charge in [-0.05, 0) is 48.2 Å². The normalized spacial score (nSPS) is 11.1. The van der Waals surface area contributed by atoms with Crippen LogP contribution in [-0.4, -0.2) is 16.1 Å². The van der Waals surface area contributed by atoms with Gasteiger partial charge in [-0.1, -0.05) is 115 Å². The van der Waals surface area contributed by atoms with Gasteiger partial charge in [0.05, 0.1) is 0 Å². The quantitative estimate of drug-likeness (QED) is 0.0801. The maximum atomic E-state index is 12.7. The van der Waals surface area contributed by atoms with E-state index >= 15 is 0 Å². The molecule has 0 saturated heterocycles. The molecular formula is C34H50O5S. The van der Waals surface area contributed by atoms with E-state index in [0.717, 1.165) is 36.8 Å². The summed E-state index contributed by atoms with van der Waals surface area (Å²) >= 11 is 0. The molecule has 0 heterocycles. The van der Waals surface area contributed by atoms with Gasteiger partial charge in [0.15, 0.2) is 0 Å². The summed E-state index contributed by atoms with van der Waals surface area (Å²) in [7, 11) is -1.09. The lowest BCUT2D eigenvalue weighted by Crippen LogP contribution is -2.08. The van der Waals surface area contributed by atoms with E-state index in [2.05, 4.69) is 13.8 Å². The maximum absolute atomic E-state index is 12.7. The Kier molecular flexibility index (Phi) is 18.0. The van der Waals surface area contributed by atoms with Gasteiger partial charge >= 0.3 is 11.9 Å². The third-order valence-electron chi connectivity index (χ3n) is 6.93. The van der Waals surface area contributed by atoms with Crippen LogP contribution in [0.15, 0.2) is 48.5 Å². The van der Waals surface area contributed by atoms with Crippen molar-refractivity contribution >= 4 is 22.7 Å². The summed E-state index contributed by atoms with van der Waals surface area (Å²) in [5.41, 5.74) is 1.86. The highest BCUT2D eigenvalue weighted by Gasteiger charge is 2.09. The van der Waals surface area contributed by atoms with Gasteiger partial charge in [-0.2, -0.15) is 0 Å². The van der Waals surface area contributed by atoms with E-state index in [1.165, 1.54) is 64.2 Å². The summed E-state index contributed by atoms with van der Waals surface area (Å²) in [6.07, 6.45) is 17.2. The first kappa shape index (κ1) is 33.7. The molecule has 5 nitrogen and oxygen atoms in total. The fourth-order valence-corrected chi connectivity index (χ4v) is 5.78. The van der Waals surface area contributed by atoms with Crippen molar-refractivity contribution in [3.8, 4) is 11.5 Å². The number of hydrogen-bond acceptors (Lipinski definition) is 5. The van der Waals surface area contributed by atoms with Crippen molar-refractivity contribution in [2.24, 2.45) is 0 Å². The van der Waals surface area contributed by atoms with Crippen molar-refractivity contribution in [3.63, 3.8) is 0 Å². The third-order valence-corrected chi connectivity index (χ3v) is 8.24. The molecule has 0 saturated carbocycles. The zero-order valence-electron chi connectivity index (χ0n) is 24.8.